The number of primary sulfonamides is 1. The normalized spacial score (nSPS) is 12.3. The Balaban J connectivity index is 0.00000361. The van der Waals surface area contributed by atoms with Crippen LogP contribution in [0.1, 0.15) is 12.5 Å². The van der Waals surface area contributed by atoms with E-state index in [1.807, 2.05) is 6.92 Å². The van der Waals surface area contributed by atoms with Gasteiger partial charge < -0.3 is 10.6 Å². The molecule has 0 heterocycles. The lowest BCUT2D eigenvalue weighted by atomic mass is 10.1. The van der Waals surface area contributed by atoms with E-state index in [0.717, 1.165) is 5.56 Å². The van der Waals surface area contributed by atoms with Crippen molar-refractivity contribution in [2.24, 2.45) is 11.1 Å². The molecule has 0 bridgehead atoms. The summed E-state index contributed by atoms with van der Waals surface area (Å²) in [6.07, 6.45) is 0. The average Bonchev–Trinajstić information content (AvgIpc) is 2.35. The topological polar surface area (TPSA) is 101 Å². The Kier molecular flexibility index (Phi) is 7.74. The van der Waals surface area contributed by atoms with Crippen molar-refractivity contribution in [2.45, 2.75) is 18.4 Å². The van der Waals surface area contributed by atoms with Gasteiger partial charge in [-0.3, -0.25) is 4.79 Å². The van der Waals surface area contributed by atoms with Gasteiger partial charge in [-0.25, -0.2) is 13.6 Å². The van der Waals surface area contributed by atoms with Crippen LogP contribution in [0, 0.1) is 5.92 Å². The van der Waals surface area contributed by atoms with E-state index in [4.69, 9.17) is 5.14 Å². The Morgan fingerprint density at radius 3 is 2.30 bits per heavy atom. The molecule has 0 saturated heterocycles. The van der Waals surface area contributed by atoms with Gasteiger partial charge in [0.1, 0.15) is 0 Å². The molecule has 6 nitrogen and oxygen atoms in total. The molecule has 0 radical (unpaired) electrons. The fraction of sp³-hybridized carbons (Fsp3) is 0.417. The highest BCUT2D eigenvalue weighted by Gasteiger charge is 2.11. The fourth-order valence-corrected chi connectivity index (χ4v) is 2.07. The highest BCUT2D eigenvalue weighted by atomic mass is 35.5. The van der Waals surface area contributed by atoms with Gasteiger partial charge >= 0.3 is 0 Å². The molecule has 4 N–H and O–H groups in total. The molecule has 1 amide bonds. The van der Waals surface area contributed by atoms with E-state index in [9.17, 15) is 13.2 Å². The van der Waals surface area contributed by atoms with Crippen molar-refractivity contribution >= 4 is 28.3 Å². The van der Waals surface area contributed by atoms with Gasteiger partial charge in [-0.15, -0.1) is 12.4 Å². The van der Waals surface area contributed by atoms with Gasteiger partial charge in [-0.05, 0) is 24.7 Å². The fourth-order valence-electron chi connectivity index (χ4n) is 1.56. The van der Waals surface area contributed by atoms with Crippen molar-refractivity contribution in [1.82, 2.24) is 10.6 Å². The number of amides is 1. The Morgan fingerprint density at radius 1 is 1.30 bits per heavy atom. The molecule has 1 aromatic carbocycles. The minimum absolute atomic E-state index is 0. The van der Waals surface area contributed by atoms with Crippen molar-refractivity contribution in [1.29, 1.82) is 0 Å². The van der Waals surface area contributed by atoms with Crippen LogP contribution in [0.25, 0.3) is 0 Å². The maximum atomic E-state index is 11.7. The van der Waals surface area contributed by atoms with Gasteiger partial charge in [-0.2, -0.15) is 0 Å². The van der Waals surface area contributed by atoms with Crippen molar-refractivity contribution in [3.63, 3.8) is 0 Å². The van der Waals surface area contributed by atoms with Crippen molar-refractivity contribution in [3.8, 4) is 0 Å². The van der Waals surface area contributed by atoms with Crippen LogP contribution in [0.3, 0.4) is 0 Å². The van der Waals surface area contributed by atoms with E-state index >= 15 is 0 Å². The summed E-state index contributed by atoms with van der Waals surface area (Å²) in [5.41, 5.74) is 0.817. The minimum atomic E-state index is -3.67. The first-order valence-electron chi connectivity index (χ1n) is 5.88. The van der Waals surface area contributed by atoms with Crippen molar-refractivity contribution in [2.75, 3.05) is 13.6 Å². The summed E-state index contributed by atoms with van der Waals surface area (Å²) in [5.74, 6) is -0.168. The third-order valence-electron chi connectivity index (χ3n) is 2.68. The first kappa shape index (κ1) is 18.9. The summed E-state index contributed by atoms with van der Waals surface area (Å²) in [5, 5.41) is 10.7. The Bertz CT molecular complexity index is 531. The summed E-state index contributed by atoms with van der Waals surface area (Å²) in [6.45, 7) is 2.80. The molecule has 0 saturated carbocycles. The molecule has 114 valence electrons. The van der Waals surface area contributed by atoms with Crippen LogP contribution in [0.2, 0.25) is 0 Å². The molecule has 1 rings (SSSR count). The van der Waals surface area contributed by atoms with Gasteiger partial charge in [0.25, 0.3) is 0 Å². The molecule has 1 atom stereocenters. The molecule has 0 aliphatic carbocycles. The van der Waals surface area contributed by atoms with Crippen LogP contribution < -0.4 is 15.8 Å². The van der Waals surface area contributed by atoms with E-state index in [2.05, 4.69) is 10.6 Å². The zero-order valence-corrected chi connectivity index (χ0v) is 13.1. The molecule has 0 fully saturated rings. The quantitative estimate of drug-likeness (QED) is 0.698. The maximum Gasteiger partial charge on any atom is 0.238 e. The average molecular weight is 322 g/mol. The summed E-state index contributed by atoms with van der Waals surface area (Å²) >= 11 is 0. The van der Waals surface area contributed by atoms with Gasteiger partial charge in [0, 0.05) is 19.0 Å². The van der Waals surface area contributed by atoms with Crippen molar-refractivity contribution in [3.05, 3.63) is 29.8 Å². The number of carbonyl (C=O) groups excluding carboxylic acids is 1. The Hall–Kier alpha value is -1.15. The molecule has 0 aliphatic rings. The molecule has 1 unspecified atom stereocenters. The predicted molar refractivity (Wildman–Crippen MR) is 80.0 cm³/mol. The van der Waals surface area contributed by atoms with E-state index in [0.29, 0.717) is 13.1 Å². The van der Waals surface area contributed by atoms with Gasteiger partial charge in [0.2, 0.25) is 15.9 Å². The van der Waals surface area contributed by atoms with Crippen LogP contribution in [0.15, 0.2) is 29.2 Å². The van der Waals surface area contributed by atoms with Crippen LogP contribution in [0.4, 0.5) is 0 Å². The Labute approximate surface area is 125 Å². The minimum Gasteiger partial charge on any atom is -0.352 e. The standard InChI is InChI=1S/C12H19N3O3S.ClH/c1-9(7-14-2)12(16)15-8-10-3-5-11(6-4-10)19(13,17)18;/h3-6,9,14H,7-8H2,1-2H3,(H,15,16)(H2,13,17,18);1H. The second kappa shape index (κ2) is 8.21. The number of hydrogen-bond acceptors (Lipinski definition) is 4. The number of rotatable bonds is 6. The zero-order chi connectivity index (χ0) is 14.5. The van der Waals surface area contributed by atoms with E-state index < -0.39 is 10.0 Å². The van der Waals surface area contributed by atoms with Crippen LogP contribution >= 0.6 is 12.4 Å². The lowest BCUT2D eigenvalue weighted by Gasteiger charge is -2.11. The number of halogens is 1. The summed E-state index contributed by atoms with van der Waals surface area (Å²) in [6, 6.07) is 6.10. The molecule has 0 spiro atoms. The SMILES string of the molecule is CNCC(C)C(=O)NCc1ccc(S(N)(=O)=O)cc1.Cl. The lowest BCUT2D eigenvalue weighted by Crippen LogP contribution is -2.33. The van der Waals surface area contributed by atoms with Gasteiger partial charge in [0.15, 0.2) is 0 Å². The number of benzene rings is 1. The predicted octanol–water partition coefficient (Wildman–Crippen LogP) is 0.228. The summed E-state index contributed by atoms with van der Waals surface area (Å²) < 4.78 is 22.1. The molecule has 8 heteroatoms. The van der Waals surface area contributed by atoms with Crippen molar-refractivity contribution < 1.29 is 13.2 Å². The third-order valence-corrected chi connectivity index (χ3v) is 3.61. The summed E-state index contributed by atoms with van der Waals surface area (Å²) in [7, 11) is -1.88. The molecular weight excluding hydrogens is 302 g/mol. The first-order chi connectivity index (χ1) is 8.84. The lowest BCUT2D eigenvalue weighted by molar-refractivity contribution is -0.124. The van der Waals surface area contributed by atoms with Gasteiger partial charge in [0.05, 0.1) is 4.90 Å². The number of sulfonamides is 1. The highest BCUT2D eigenvalue weighted by molar-refractivity contribution is 7.89. The Morgan fingerprint density at radius 2 is 1.85 bits per heavy atom. The summed E-state index contributed by atoms with van der Waals surface area (Å²) in [4.78, 5) is 11.7. The van der Waals surface area contributed by atoms with Crippen LogP contribution in [0.5, 0.6) is 0 Å². The molecule has 1 aromatic rings. The number of nitrogens with one attached hydrogen (secondary N) is 2. The van der Waals surface area contributed by atoms with E-state index in [-0.39, 0.29) is 29.1 Å². The van der Waals surface area contributed by atoms with Gasteiger partial charge in [-0.1, -0.05) is 19.1 Å². The first-order valence-corrected chi connectivity index (χ1v) is 7.43. The second-order valence-corrected chi connectivity index (χ2v) is 5.93. The van der Waals surface area contributed by atoms with E-state index in [1.165, 1.54) is 12.1 Å². The monoisotopic (exact) mass is 321 g/mol. The molecular formula is C12H20ClN3O3S. The third kappa shape index (κ3) is 5.87. The second-order valence-electron chi connectivity index (χ2n) is 4.37. The maximum absolute atomic E-state index is 11.7. The number of hydrogen-bond donors (Lipinski definition) is 3. The van der Waals surface area contributed by atoms with E-state index in [1.54, 1.807) is 19.2 Å². The number of carbonyl (C=O) groups is 1. The largest absolute Gasteiger partial charge is 0.352 e. The van der Waals surface area contributed by atoms with Crippen LogP contribution in [-0.2, 0) is 21.4 Å². The van der Waals surface area contributed by atoms with Crippen LogP contribution in [-0.4, -0.2) is 27.9 Å². The molecule has 0 aromatic heterocycles. The molecule has 20 heavy (non-hydrogen) atoms. The zero-order valence-electron chi connectivity index (χ0n) is 11.4. The smallest absolute Gasteiger partial charge is 0.238 e. The number of nitrogens with two attached hydrogens (primary N) is 1. The molecule has 0 aliphatic heterocycles. The highest BCUT2D eigenvalue weighted by Crippen LogP contribution is 2.08.